The number of thiophene rings is 1. The second kappa shape index (κ2) is 8.34. The summed E-state index contributed by atoms with van der Waals surface area (Å²) >= 11 is 1.66. The Bertz CT molecular complexity index is 1140. The molecule has 3 heterocycles. The number of Topliss-reactive ketones (excluding diaryl/α,β-unsaturated/α-hetero) is 1. The number of methoxy groups -OCH3 is 1. The molecule has 1 fully saturated rings. The number of fused-ring (bicyclic) bond motifs is 1. The second-order valence-corrected chi connectivity index (χ2v) is 10.3. The van der Waals surface area contributed by atoms with Crippen LogP contribution in [0.1, 0.15) is 35.5 Å². The van der Waals surface area contributed by atoms with E-state index in [0.29, 0.717) is 6.42 Å². The third-order valence-corrected chi connectivity index (χ3v) is 7.60. The van der Waals surface area contributed by atoms with E-state index in [1.807, 2.05) is 30.5 Å². The van der Waals surface area contributed by atoms with Gasteiger partial charge in [-0.3, -0.25) is 9.78 Å². The van der Waals surface area contributed by atoms with Gasteiger partial charge in [-0.2, -0.15) is 0 Å². The van der Waals surface area contributed by atoms with Crippen molar-refractivity contribution in [3.05, 3.63) is 53.0 Å². The van der Waals surface area contributed by atoms with E-state index in [0.717, 1.165) is 60.2 Å². The molecule has 6 heteroatoms. The first-order valence-corrected chi connectivity index (χ1v) is 11.9. The molecular formula is C26H28N2O3S. The standard InChI is InChI=1S/C26H28N2O3S/c1-26(2)15-20-23(25(28-10-12-31-13-11-28)32-24(20)22(29)16-26)18-8-9-27-21(14-18)17-4-6-19(30-3)7-5-17/h4-9,14H,10-13,15-16H2,1-3H3. The van der Waals surface area contributed by atoms with Gasteiger partial charge in [-0.1, -0.05) is 13.8 Å². The van der Waals surface area contributed by atoms with Crippen LogP contribution in [0.5, 0.6) is 5.75 Å². The molecule has 0 bridgehead atoms. The topological polar surface area (TPSA) is 51.7 Å². The number of hydrogen-bond donors (Lipinski definition) is 0. The molecule has 0 unspecified atom stereocenters. The average molecular weight is 449 g/mol. The van der Waals surface area contributed by atoms with E-state index in [9.17, 15) is 4.79 Å². The summed E-state index contributed by atoms with van der Waals surface area (Å²) in [6.45, 7) is 7.52. The first kappa shape index (κ1) is 21.2. The van der Waals surface area contributed by atoms with Crippen molar-refractivity contribution in [3.63, 3.8) is 0 Å². The minimum absolute atomic E-state index is 0.0337. The fourth-order valence-electron chi connectivity index (χ4n) is 4.69. The number of ketones is 1. The predicted molar refractivity (Wildman–Crippen MR) is 129 cm³/mol. The summed E-state index contributed by atoms with van der Waals surface area (Å²) in [5, 5.41) is 1.19. The normalized spacial score (nSPS) is 17.8. The number of ether oxygens (including phenoxy) is 2. The number of carbonyl (C=O) groups is 1. The lowest BCUT2D eigenvalue weighted by molar-refractivity contribution is 0.0918. The van der Waals surface area contributed by atoms with E-state index in [4.69, 9.17) is 9.47 Å². The Balaban J connectivity index is 1.64. The number of rotatable bonds is 4. The van der Waals surface area contributed by atoms with Crippen molar-refractivity contribution in [2.75, 3.05) is 38.3 Å². The third-order valence-electron chi connectivity index (χ3n) is 6.27. The monoisotopic (exact) mass is 448 g/mol. The number of aromatic nitrogens is 1. The van der Waals surface area contributed by atoms with E-state index in [1.54, 1.807) is 18.4 Å². The summed E-state index contributed by atoms with van der Waals surface area (Å²) in [5.74, 6) is 1.10. The Morgan fingerprint density at radius 1 is 1.06 bits per heavy atom. The van der Waals surface area contributed by atoms with Gasteiger partial charge in [0.15, 0.2) is 5.78 Å². The van der Waals surface area contributed by atoms with E-state index >= 15 is 0 Å². The van der Waals surface area contributed by atoms with Crippen LogP contribution in [-0.4, -0.2) is 44.2 Å². The van der Waals surface area contributed by atoms with Crippen molar-refractivity contribution in [1.82, 2.24) is 4.98 Å². The van der Waals surface area contributed by atoms with Gasteiger partial charge in [-0.05, 0) is 59.4 Å². The number of benzene rings is 1. The molecule has 2 aliphatic rings. The van der Waals surface area contributed by atoms with Crippen molar-refractivity contribution in [2.24, 2.45) is 5.41 Å². The van der Waals surface area contributed by atoms with Crippen LogP contribution in [-0.2, 0) is 11.2 Å². The maximum atomic E-state index is 13.1. The zero-order valence-corrected chi connectivity index (χ0v) is 19.6. The molecule has 5 rings (SSSR count). The lowest BCUT2D eigenvalue weighted by Crippen LogP contribution is -2.36. The lowest BCUT2D eigenvalue weighted by atomic mass is 9.75. The number of pyridine rings is 1. The summed E-state index contributed by atoms with van der Waals surface area (Å²) in [6.07, 6.45) is 3.39. The average Bonchev–Trinajstić information content (AvgIpc) is 3.18. The minimum Gasteiger partial charge on any atom is -0.497 e. The Kier molecular flexibility index (Phi) is 5.51. The Labute approximate surface area is 193 Å². The van der Waals surface area contributed by atoms with Crippen molar-refractivity contribution >= 4 is 22.1 Å². The highest BCUT2D eigenvalue weighted by atomic mass is 32.1. The number of anilines is 1. The van der Waals surface area contributed by atoms with E-state index in [-0.39, 0.29) is 11.2 Å². The zero-order valence-electron chi connectivity index (χ0n) is 18.8. The summed E-state index contributed by atoms with van der Waals surface area (Å²) < 4.78 is 10.9. The van der Waals surface area contributed by atoms with Gasteiger partial charge < -0.3 is 14.4 Å². The number of carbonyl (C=O) groups excluding carboxylic acids is 1. The zero-order chi connectivity index (χ0) is 22.3. The highest BCUT2D eigenvalue weighted by Crippen LogP contribution is 2.49. The molecule has 1 aliphatic heterocycles. The predicted octanol–water partition coefficient (Wildman–Crippen LogP) is 5.48. The highest BCUT2D eigenvalue weighted by molar-refractivity contribution is 7.19. The molecule has 0 spiro atoms. The van der Waals surface area contributed by atoms with Crippen LogP contribution in [0.3, 0.4) is 0 Å². The molecule has 0 saturated carbocycles. The maximum Gasteiger partial charge on any atom is 0.173 e. The van der Waals surface area contributed by atoms with Crippen LogP contribution in [0.2, 0.25) is 0 Å². The molecule has 2 aromatic heterocycles. The maximum absolute atomic E-state index is 13.1. The van der Waals surface area contributed by atoms with Crippen LogP contribution < -0.4 is 9.64 Å². The van der Waals surface area contributed by atoms with Crippen molar-refractivity contribution in [1.29, 1.82) is 0 Å². The van der Waals surface area contributed by atoms with Gasteiger partial charge in [0.1, 0.15) is 5.75 Å². The second-order valence-electron chi connectivity index (χ2n) is 9.29. The van der Waals surface area contributed by atoms with Crippen LogP contribution in [0.25, 0.3) is 22.4 Å². The van der Waals surface area contributed by atoms with Gasteiger partial charge in [0.2, 0.25) is 0 Å². The molecule has 0 atom stereocenters. The van der Waals surface area contributed by atoms with Gasteiger partial charge in [-0.25, -0.2) is 0 Å². The fourth-order valence-corrected chi connectivity index (χ4v) is 6.03. The molecule has 32 heavy (non-hydrogen) atoms. The molecule has 0 amide bonds. The molecule has 0 N–H and O–H groups in total. The molecule has 1 saturated heterocycles. The molecule has 166 valence electrons. The van der Waals surface area contributed by atoms with Gasteiger partial charge in [0, 0.05) is 36.8 Å². The smallest absolute Gasteiger partial charge is 0.173 e. The van der Waals surface area contributed by atoms with Gasteiger partial charge in [0.25, 0.3) is 0 Å². The van der Waals surface area contributed by atoms with Crippen LogP contribution in [0, 0.1) is 5.41 Å². The minimum atomic E-state index is -0.0337. The van der Waals surface area contributed by atoms with Crippen LogP contribution >= 0.6 is 11.3 Å². The molecule has 5 nitrogen and oxygen atoms in total. The highest BCUT2D eigenvalue weighted by Gasteiger charge is 2.37. The summed E-state index contributed by atoms with van der Waals surface area (Å²) in [7, 11) is 1.67. The van der Waals surface area contributed by atoms with Gasteiger partial charge >= 0.3 is 0 Å². The lowest BCUT2D eigenvalue weighted by Gasteiger charge is -2.30. The largest absolute Gasteiger partial charge is 0.497 e. The molecule has 0 radical (unpaired) electrons. The SMILES string of the molecule is COc1ccc(-c2cc(-c3c(N4CCOCC4)sc4c3CC(C)(C)CC4=O)ccn2)cc1. The Hall–Kier alpha value is -2.70. The van der Waals surface area contributed by atoms with Crippen molar-refractivity contribution in [3.8, 4) is 28.1 Å². The summed E-state index contributed by atoms with van der Waals surface area (Å²) in [4.78, 5) is 21.0. The van der Waals surface area contributed by atoms with E-state index < -0.39 is 0 Å². The van der Waals surface area contributed by atoms with Gasteiger partial charge in [-0.15, -0.1) is 11.3 Å². The number of hydrogen-bond acceptors (Lipinski definition) is 6. The molecule has 1 aromatic carbocycles. The first-order valence-electron chi connectivity index (χ1n) is 11.1. The Morgan fingerprint density at radius 3 is 2.53 bits per heavy atom. The summed E-state index contributed by atoms with van der Waals surface area (Å²) in [5.41, 5.74) is 5.44. The van der Waals surface area contributed by atoms with Crippen LogP contribution in [0.15, 0.2) is 42.6 Å². The van der Waals surface area contributed by atoms with E-state index in [1.165, 1.54) is 16.1 Å². The number of morpholine rings is 1. The quantitative estimate of drug-likeness (QED) is 0.529. The molecular weight excluding hydrogens is 420 g/mol. The molecule has 3 aromatic rings. The van der Waals surface area contributed by atoms with Crippen LogP contribution in [0.4, 0.5) is 5.00 Å². The summed E-state index contributed by atoms with van der Waals surface area (Å²) in [6, 6.07) is 12.2. The fraction of sp³-hybridized carbons (Fsp3) is 0.385. The number of nitrogens with zero attached hydrogens (tertiary/aromatic N) is 2. The van der Waals surface area contributed by atoms with E-state index in [2.05, 4.69) is 35.9 Å². The van der Waals surface area contributed by atoms with Gasteiger partial charge in [0.05, 0.1) is 35.9 Å². The Morgan fingerprint density at radius 2 is 1.81 bits per heavy atom. The van der Waals surface area contributed by atoms with Crippen molar-refractivity contribution in [2.45, 2.75) is 26.7 Å². The van der Waals surface area contributed by atoms with Crippen molar-refractivity contribution < 1.29 is 14.3 Å². The molecule has 1 aliphatic carbocycles. The first-order chi connectivity index (χ1) is 15.4. The third kappa shape index (κ3) is 3.93.